The Bertz CT molecular complexity index is 223. The summed E-state index contributed by atoms with van der Waals surface area (Å²) in [5.41, 5.74) is 0. The third kappa shape index (κ3) is 2.46. The monoisotopic (exact) mass is 168 g/mol. The fraction of sp³-hybridized carbons (Fsp3) is 0.333. The molecule has 0 aromatic heterocycles. The van der Waals surface area contributed by atoms with Crippen LogP contribution in [0.1, 0.15) is 6.92 Å². The van der Waals surface area contributed by atoms with Crippen LogP contribution in [0.25, 0.3) is 0 Å². The molecule has 1 nitrogen and oxygen atoms in total. The van der Waals surface area contributed by atoms with E-state index in [-0.39, 0.29) is 0 Å². The second-order valence-electron chi connectivity index (χ2n) is 2.11. The Morgan fingerprint density at radius 3 is 2.91 bits per heavy atom. The van der Waals surface area contributed by atoms with Crippen LogP contribution < -0.4 is 4.74 Å². The van der Waals surface area contributed by atoms with Crippen LogP contribution in [0.2, 0.25) is 0 Å². The summed E-state index contributed by atoms with van der Waals surface area (Å²) in [6.45, 7) is 2.73. The molecule has 0 unspecified atom stereocenters. The van der Waals surface area contributed by atoms with Gasteiger partial charge in [0.15, 0.2) is 0 Å². The highest BCUT2D eigenvalue weighted by atomic mass is 32.2. The Morgan fingerprint density at radius 1 is 1.45 bits per heavy atom. The standard InChI is InChI=1S/C9H12OS/c1-3-10-8-5-4-6-9(7-8)11-2/h4-7H,3H2,1-2H3. The molecule has 0 aliphatic heterocycles. The molecular weight excluding hydrogens is 156 g/mol. The number of ether oxygens (including phenoxy) is 1. The Hall–Kier alpha value is -0.630. The van der Waals surface area contributed by atoms with E-state index in [0.717, 1.165) is 12.4 Å². The summed E-state index contributed by atoms with van der Waals surface area (Å²) >= 11 is 1.73. The molecule has 0 saturated heterocycles. The zero-order chi connectivity index (χ0) is 8.10. The Kier molecular flexibility index (Phi) is 3.30. The van der Waals surface area contributed by atoms with E-state index < -0.39 is 0 Å². The fourth-order valence-corrected chi connectivity index (χ4v) is 1.31. The molecule has 1 aromatic rings. The van der Waals surface area contributed by atoms with Crippen molar-refractivity contribution in [2.24, 2.45) is 0 Å². The SMILES string of the molecule is CCOc1cccc(SC)c1. The highest BCUT2D eigenvalue weighted by molar-refractivity contribution is 7.98. The summed E-state index contributed by atoms with van der Waals surface area (Å²) in [6.07, 6.45) is 2.06. The van der Waals surface area contributed by atoms with Crippen LogP contribution in [0.3, 0.4) is 0 Å². The summed E-state index contributed by atoms with van der Waals surface area (Å²) in [5, 5.41) is 0. The van der Waals surface area contributed by atoms with Crippen LogP contribution in [0.5, 0.6) is 5.75 Å². The average Bonchev–Trinajstić information content (AvgIpc) is 2.06. The van der Waals surface area contributed by atoms with Crippen LogP contribution in [0.15, 0.2) is 29.2 Å². The van der Waals surface area contributed by atoms with Crippen molar-refractivity contribution in [3.05, 3.63) is 24.3 Å². The Balaban J connectivity index is 2.74. The minimum atomic E-state index is 0.734. The van der Waals surface area contributed by atoms with Gasteiger partial charge in [0.25, 0.3) is 0 Å². The quantitative estimate of drug-likeness (QED) is 0.642. The minimum Gasteiger partial charge on any atom is -0.494 e. The largest absolute Gasteiger partial charge is 0.494 e. The van der Waals surface area contributed by atoms with Crippen molar-refractivity contribution in [2.75, 3.05) is 12.9 Å². The molecule has 0 spiro atoms. The molecular formula is C9H12OS. The summed E-state index contributed by atoms with van der Waals surface area (Å²) < 4.78 is 5.34. The van der Waals surface area contributed by atoms with Gasteiger partial charge in [0.2, 0.25) is 0 Å². The smallest absolute Gasteiger partial charge is 0.120 e. The summed E-state index contributed by atoms with van der Waals surface area (Å²) in [7, 11) is 0. The molecule has 1 rings (SSSR count). The average molecular weight is 168 g/mol. The van der Waals surface area contributed by atoms with Gasteiger partial charge < -0.3 is 4.74 Å². The maximum Gasteiger partial charge on any atom is 0.120 e. The first-order valence-corrected chi connectivity index (χ1v) is 4.86. The lowest BCUT2D eigenvalue weighted by atomic mass is 10.3. The maximum absolute atomic E-state index is 5.34. The van der Waals surface area contributed by atoms with Gasteiger partial charge in [-0.1, -0.05) is 6.07 Å². The molecule has 0 N–H and O–H groups in total. The van der Waals surface area contributed by atoms with Crippen molar-refractivity contribution in [2.45, 2.75) is 11.8 Å². The molecule has 0 radical (unpaired) electrons. The van der Waals surface area contributed by atoms with E-state index in [1.165, 1.54) is 4.90 Å². The van der Waals surface area contributed by atoms with Crippen molar-refractivity contribution >= 4 is 11.8 Å². The molecule has 0 saturated carbocycles. The molecule has 0 heterocycles. The topological polar surface area (TPSA) is 9.23 Å². The lowest BCUT2D eigenvalue weighted by Crippen LogP contribution is -1.90. The second-order valence-corrected chi connectivity index (χ2v) is 2.99. The lowest BCUT2D eigenvalue weighted by Gasteiger charge is -2.03. The highest BCUT2D eigenvalue weighted by Crippen LogP contribution is 2.20. The van der Waals surface area contributed by atoms with E-state index in [1.54, 1.807) is 11.8 Å². The Morgan fingerprint density at radius 2 is 2.27 bits per heavy atom. The van der Waals surface area contributed by atoms with Crippen molar-refractivity contribution in [3.63, 3.8) is 0 Å². The molecule has 0 atom stereocenters. The molecule has 0 amide bonds. The molecule has 0 bridgehead atoms. The summed E-state index contributed by atoms with van der Waals surface area (Å²) in [4.78, 5) is 1.25. The Labute approximate surface area is 71.8 Å². The zero-order valence-electron chi connectivity index (χ0n) is 6.83. The lowest BCUT2D eigenvalue weighted by molar-refractivity contribution is 0.339. The number of rotatable bonds is 3. The number of thioether (sulfide) groups is 1. The molecule has 0 fully saturated rings. The first-order chi connectivity index (χ1) is 5.36. The number of hydrogen-bond donors (Lipinski definition) is 0. The van der Waals surface area contributed by atoms with Crippen LogP contribution >= 0.6 is 11.8 Å². The van der Waals surface area contributed by atoms with Gasteiger partial charge >= 0.3 is 0 Å². The predicted octanol–water partition coefficient (Wildman–Crippen LogP) is 2.81. The van der Waals surface area contributed by atoms with Gasteiger partial charge in [-0.3, -0.25) is 0 Å². The van der Waals surface area contributed by atoms with E-state index >= 15 is 0 Å². The first-order valence-electron chi connectivity index (χ1n) is 3.63. The summed E-state index contributed by atoms with van der Waals surface area (Å²) in [6, 6.07) is 8.11. The predicted molar refractivity (Wildman–Crippen MR) is 49.4 cm³/mol. The molecule has 1 aromatic carbocycles. The second kappa shape index (κ2) is 4.29. The van der Waals surface area contributed by atoms with Crippen LogP contribution in [-0.4, -0.2) is 12.9 Å². The maximum atomic E-state index is 5.34. The third-order valence-corrected chi connectivity index (χ3v) is 2.08. The van der Waals surface area contributed by atoms with Crippen molar-refractivity contribution in [3.8, 4) is 5.75 Å². The third-order valence-electron chi connectivity index (χ3n) is 1.35. The van der Waals surface area contributed by atoms with E-state index in [2.05, 4.69) is 12.3 Å². The zero-order valence-corrected chi connectivity index (χ0v) is 7.65. The van der Waals surface area contributed by atoms with Gasteiger partial charge in [-0.15, -0.1) is 11.8 Å². The minimum absolute atomic E-state index is 0.734. The molecule has 0 aliphatic rings. The van der Waals surface area contributed by atoms with Crippen molar-refractivity contribution in [1.82, 2.24) is 0 Å². The number of hydrogen-bond acceptors (Lipinski definition) is 2. The highest BCUT2D eigenvalue weighted by Gasteiger charge is 1.92. The molecule has 2 heteroatoms. The number of benzene rings is 1. The first kappa shape index (κ1) is 8.47. The van der Waals surface area contributed by atoms with Gasteiger partial charge in [-0.05, 0) is 31.4 Å². The normalized spacial score (nSPS) is 9.64. The van der Waals surface area contributed by atoms with Gasteiger partial charge in [0.1, 0.15) is 5.75 Å². The van der Waals surface area contributed by atoms with E-state index in [4.69, 9.17) is 4.74 Å². The van der Waals surface area contributed by atoms with Crippen molar-refractivity contribution in [1.29, 1.82) is 0 Å². The molecule has 11 heavy (non-hydrogen) atoms. The molecule has 0 aliphatic carbocycles. The van der Waals surface area contributed by atoms with Crippen molar-refractivity contribution < 1.29 is 4.74 Å². The fourth-order valence-electron chi connectivity index (χ4n) is 0.858. The van der Waals surface area contributed by atoms with Gasteiger partial charge in [0, 0.05) is 4.90 Å². The molecule has 60 valence electrons. The van der Waals surface area contributed by atoms with Crippen LogP contribution in [0.4, 0.5) is 0 Å². The summed E-state index contributed by atoms with van der Waals surface area (Å²) in [5.74, 6) is 0.958. The van der Waals surface area contributed by atoms with Gasteiger partial charge in [0.05, 0.1) is 6.61 Å². The van der Waals surface area contributed by atoms with Gasteiger partial charge in [-0.2, -0.15) is 0 Å². The van der Waals surface area contributed by atoms with Crippen LogP contribution in [-0.2, 0) is 0 Å². The van der Waals surface area contributed by atoms with Gasteiger partial charge in [-0.25, -0.2) is 0 Å². The van der Waals surface area contributed by atoms with E-state index in [9.17, 15) is 0 Å². The van der Waals surface area contributed by atoms with E-state index in [1.807, 2.05) is 25.1 Å². The van der Waals surface area contributed by atoms with Crippen LogP contribution in [0, 0.1) is 0 Å². The van der Waals surface area contributed by atoms with E-state index in [0.29, 0.717) is 0 Å².